The van der Waals surface area contributed by atoms with Crippen LogP contribution in [-0.4, -0.2) is 21.4 Å². The Morgan fingerprint density at radius 2 is 1.12 bits per heavy atom. The van der Waals surface area contributed by atoms with Gasteiger partial charge in [0.15, 0.2) is 7.28 Å². The second-order valence-electron chi connectivity index (χ2n) is 28.1. The van der Waals surface area contributed by atoms with Crippen LogP contribution >= 0.6 is 0 Å². The second kappa shape index (κ2) is 16.7. The summed E-state index contributed by atoms with van der Waals surface area (Å²) in [6, 6.07) is 58.7. The van der Waals surface area contributed by atoms with Crippen LogP contribution in [0.1, 0.15) is 130 Å². The Labute approximate surface area is 480 Å². The van der Waals surface area contributed by atoms with Crippen molar-refractivity contribution < 1.29 is 8.83 Å². The molecule has 82 heavy (non-hydrogen) atoms. The van der Waals surface area contributed by atoms with E-state index >= 15 is 0 Å². The lowest BCUT2D eigenvalue weighted by Crippen LogP contribution is -2.37. The van der Waals surface area contributed by atoms with Crippen molar-refractivity contribution in [3.8, 4) is 33.9 Å². The van der Waals surface area contributed by atoms with Gasteiger partial charge >= 0.3 is 0 Å². The summed E-state index contributed by atoms with van der Waals surface area (Å²) in [6.07, 6.45) is 4.52. The minimum Gasteiger partial charge on any atom is -0.456 e. The van der Waals surface area contributed by atoms with E-state index in [0.29, 0.717) is 7.28 Å². The summed E-state index contributed by atoms with van der Waals surface area (Å²) in [5.41, 5.74) is 25.0. The van der Waals surface area contributed by atoms with Crippen molar-refractivity contribution in [1.29, 1.82) is 0 Å². The van der Waals surface area contributed by atoms with Crippen LogP contribution in [0.2, 0.25) is 0 Å². The molecule has 0 fully saturated rings. The van der Waals surface area contributed by atoms with Crippen LogP contribution in [0.25, 0.3) is 111 Å². The van der Waals surface area contributed by atoms with E-state index in [2.05, 4.69) is 248 Å². The van der Waals surface area contributed by atoms with E-state index in [0.717, 1.165) is 120 Å². The lowest BCUT2D eigenvalue weighted by Gasteiger charge is -2.42. The van der Waals surface area contributed by atoms with Crippen molar-refractivity contribution in [3.63, 3.8) is 0 Å². The van der Waals surface area contributed by atoms with Gasteiger partial charge in [-0.25, -0.2) is 4.98 Å². The summed E-state index contributed by atoms with van der Waals surface area (Å²) < 4.78 is 19.7. The number of imidazole rings is 1. The van der Waals surface area contributed by atoms with Gasteiger partial charge in [0.25, 0.3) is 0 Å². The van der Waals surface area contributed by atoms with Crippen LogP contribution < -0.4 is 16.2 Å². The second-order valence-corrected chi connectivity index (χ2v) is 28.1. The topological polar surface area (TPSA) is 61.1 Å². The van der Waals surface area contributed by atoms with Gasteiger partial charge in [-0.1, -0.05) is 160 Å². The number of anilines is 2. The maximum atomic E-state index is 7.49. The third kappa shape index (κ3) is 7.10. The number of nitrogens with zero attached hydrogens (tertiary/aromatic N) is 3. The van der Waals surface area contributed by atoms with Gasteiger partial charge in [-0.05, 0) is 165 Å². The molecule has 0 saturated carbocycles. The molecular formula is C75H69BN4O2. The molecule has 0 radical (unpaired) electrons. The number of hydrogen-bond donors (Lipinski definition) is 1. The van der Waals surface area contributed by atoms with Crippen molar-refractivity contribution in [2.75, 3.05) is 5.32 Å². The van der Waals surface area contributed by atoms with Crippen molar-refractivity contribution in [1.82, 2.24) is 14.1 Å². The van der Waals surface area contributed by atoms with Gasteiger partial charge in [0.05, 0.1) is 22.1 Å². The number of para-hydroxylation sites is 2. The monoisotopic (exact) mass is 1070 g/mol. The van der Waals surface area contributed by atoms with E-state index < -0.39 is 0 Å². The molecule has 16 rings (SSSR count). The largest absolute Gasteiger partial charge is 0.456 e. The number of nitrogens with one attached hydrogen (secondary N) is 1. The minimum atomic E-state index is -0.0161. The van der Waals surface area contributed by atoms with Gasteiger partial charge in [0.2, 0.25) is 0 Å². The molecule has 1 N–H and O–H groups in total. The van der Waals surface area contributed by atoms with Crippen LogP contribution in [0, 0.1) is 0 Å². The Hall–Kier alpha value is -8.29. The molecule has 404 valence electrons. The van der Waals surface area contributed by atoms with Gasteiger partial charge in [0, 0.05) is 71.8 Å². The Morgan fingerprint density at radius 1 is 0.524 bits per heavy atom. The van der Waals surface area contributed by atoms with E-state index in [4.69, 9.17) is 13.8 Å². The Kier molecular flexibility index (Phi) is 10.1. The molecule has 0 bridgehead atoms. The number of benzene rings is 9. The number of fused-ring (bicyclic) bond motifs is 15. The van der Waals surface area contributed by atoms with Gasteiger partial charge < -0.3 is 18.7 Å². The van der Waals surface area contributed by atoms with Gasteiger partial charge in [0.1, 0.15) is 28.2 Å². The highest BCUT2D eigenvalue weighted by Gasteiger charge is 2.41. The highest BCUT2D eigenvalue weighted by Crippen LogP contribution is 2.54. The molecule has 0 spiro atoms. The fourth-order valence-corrected chi connectivity index (χ4v) is 15.0. The highest BCUT2D eigenvalue weighted by atomic mass is 16.3. The van der Waals surface area contributed by atoms with Crippen LogP contribution in [0.5, 0.6) is 0 Å². The fourth-order valence-electron chi connectivity index (χ4n) is 15.0. The first kappa shape index (κ1) is 49.5. The fraction of sp³-hybridized carbons (Fsp3) is 0.267. The summed E-state index contributed by atoms with van der Waals surface area (Å²) in [7, 11) is 0.657. The zero-order valence-electron chi connectivity index (χ0n) is 49.2. The smallest absolute Gasteiger partial charge is 0.198 e. The lowest BCUT2D eigenvalue weighted by atomic mass is 9.58. The number of rotatable bonds is 5. The van der Waals surface area contributed by atoms with E-state index in [-0.39, 0.29) is 27.1 Å². The zero-order chi connectivity index (χ0) is 56.1. The highest BCUT2D eigenvalue weighted by molar-refractivity contribution is 6.74. The van der Waals surface area contributed by atoms with Gasteiger partial charge in [-0.3, -0.25) is 4.57 Å². The van der Waals surface area contributed by atoms with Crippen LogP contribution in [0.3, 0.4) is 0 Å². The van der Waals surface area contributed by atoms with Crippen LogP contribution in [-0.2, 0) is 27.1 Å². The molecule has 0 amide bonds. The number of aromatic nitrogens is 3. The number of furan rings is 2. The Balaban J connectivity index is 1.06. The van der Waals surface area contributed by atoms with Gasteiger partial charge in [-0.2, -0.15) is 0 Å². The molecule has 3 aliphatic rings. The third-order valence-corrected chi connectivity index (χ3v) is 20.0. The molecule has 6 nitrogen and oxygen atoms in total. The maximum Gasteiger partial charge on any atom is 0.198 e. The quantitative estimate of drug-likeness (QED) is 0.175. The van der Waals surface area contributed by atoms with Crippen molar-refractivity contribution >= 4 is 106 Å². The maximum absolute atomic E-state index is 7.49. The molecule has 5 heterocycles. The molecule has 9 aromatic carbocycles. The SMILES string of the molecule is CC(C)(C)c1ccc(Nc2cc3c(cc2-c2c4c5c(c6cc7c(cc6n5-c5cc6c(cc5B4)nc(-c4ccccc4)n6-c4ccccc4)C(C)(C)CCC7(C)C)c4c2oc2ccccc24)oc2cc4c(cc23)C(C)(C)CCC4(C)C)cc1. The van der Waals surface area contributed by atoms with Crippen molar-refractivity contribution in [2.45, 2.75) is 129 Å². The predicted octanol–water partition coefficient (Wildman–Crippen LogP) is 18.7. The average molecular weight is 1070 g/mol. The minimum absolute atomic E-state index is 0.00742. The van der Waals surface area contributed by atoms with E-state index in [1.165, 1.54) is 66.2 Å². The predicted molar refractivity (Wildman–Crippen MR) is 346 cm³/mol. The van der Waals surface area contributed by atoms with Crippen molar-refractivity contribution in [3.05, 3.63) is 186 Å². The molecule has 1 aliphatic heterocycles. The molecule has 13 aromatic rings. The molecule has 0 atom stereocenters. The van der Waals surface area contributed by atoms with E-state index in [1.54, 1.807) is 0 Å². The standard InChI is InChI=1S/C75H69BN4O2/c1-71(2,3)43-26-28-44(29-27-43)77-56-36-48-47-34-51-54(75(10,11)33-31-72(51,4)5)39-63(47)81-62(48)37-49(56)66-67-68-64(65-46-24-18-19-25-61(46)82-69(65)66)50-35-52-53(74(8,9)32-30-73(52,6)7)38-58(50)80(68)59-41-60-57(40-55(59)76-67)78-70(42-20-14-12-15-21-42)79(60)45-22-16-13-17-23-45/h12-29,34-41,76-77H,30-33H2,1-11H3. The number of hydrogen-bond acceptors (Lipinski definition) is 4. The summed E-state index contributed by atoms with van der Waals surface area (Å²) in [5, 5.41) is 11.1. The molecule has 0 unspecified atom stereocenters. The van der Waals surface area contributed by atoms with E-state index in [1.807, 2.05) is 0 Å². The molecular weight excluding hydrogens is 1000 g/mol. The summed E-state index contributed by atoms with van der Waals surface area (Å²) in [4.78, 5) is 5.57. The Morgan fingerprint density at radius 3 is 1.80 bits per heavy atom. The summed E-state index contributed by atoms with van der Waals surface area (Å²) in [6.45, 7) is 26.3. The molecule has 4 aromatic heterocycles. The van der Waals surface area contributed by atoms with Gasteiger partial charge in [-0.15, -0.1) is 0 Å². The van der Waals surface area contributed by atoms with Crippen molar-refractivity contribution in [2.24, 2.45) is 0 Å². The van der Waals surface area contributed by atoms with E-state index in [9.17, 15) is 0 Å². The summed E-state index contributed by atoms with van der Waals surface area (Å²) >= 11 is 0. The average Bonchev–Trinajstić information content (AvgIpc) is 3.10. The first-order chi connectivity index (χ1) is 39.2. The first-order valence-electron chi connectivity index (χ1n) is 29.8. The third-order valence-electron chi connectivity index (χ3n) is 20.0. The van der Waals surface area contributed by atoms with Crippen LogP contribution in [0.15, 0.2) is 167 Å². The van der Waals surface area contributed by atoms with Crippen LogP contribution in [0.4, 0.5) is 11.4 Å². The first-order valence-corrected chi connectivity index (χ1v) is 29.8. The Bertz CT molecular complexity index is 4880. The zero-order valence-corrected chi connectivity index (χ0v) is 49.2. The molecule has 0 saturated heterocycles. The normalized spacial score (nSPS) is 16.8. The lowest BCUT2D eigenvalue weighted by molar-refractivity contribution is 0.332. The summed E-state index contributed by atoms with van der Waals surface area (Å²) in [5.74, 6) is 0.922. The molecule has 2 aliphatic carbocycles. The molecule has 7 heteroatoms.